The van der Waals surface area contributed by atoms with E-state index in [4.69, 9.17) is 9.98 Å². The van der Waals surface area contributed by atoms with Gasteiger partial charge in [-0.15, -0.1) is 0 Å². The summed E-state index contributed by atoms with van der Waals surface area (Å²) in [5.74, 6) is 1.84. The van der Waals surface area contributed by atoms with Crippen molar-refractivity contribution in [2.45, 2.75) is 65.7 Å². The van der Waals surface area contributed by atoms with E-state index in [9.17, 15) is 0 Å². The summed E-state index contributed by atoms with van der Waals surface area (Å²) in [5.41, 5.74) is 1.84. The molecule has 29 heavy (non-hydrogen) atoms. The lowest BCUT2D eigenvalue weighted by molar-refractivity contribution is 0.582. The minimum absolute atomic E-state index is 0.176. The third-order valence-electron chi connectivity index (χ3n) is 3.85. The van der Waals surface area contributed by atoms with Crippen LogP contribution in [-0.2, 0) is 0 Å². The maximum absolute atomic E-state index is 4.98. The van der Waals surface area contributed by atoms with Crippen LogP contribution in [0.25, 0.3) is 0 Å². The summed E-state index contributed by atoms with van der Waals surface area (Å²) in [7, 11) is -2.16. The van der Waals surface area contributed by atoms with E-state index in [1.54, 1.807) is 0 Å². The highest BCUT2D eigenvalue weighted by Crippen LogP contribution is 2.14. The molecule has 0 amide bonds. The molecule has 0 radical (unpaired) electrons. The summed E-state index contributed by atoms with van der Waals surface area (Å²) in [6, 6.07) is 20.7. The Balaban J connectivity index is 2.38. The van der Waals surface area contributed by atoms with E-state index in [1.807, 2.05) is 36.4 Å². The fourth-order valence-corrected chi connectivity index (χ4v) is 4.46. The van der Waals surface area contributed by atoms with Gasteiger partial charge in [-0.2, -0.15) is 0 Å². The Morgan fingerprint density at radius 2 is 0.931 bits per heavy atom. The van der Waals surface area contributed by atoms with Gasteiger partial charge in [0.15, 0.2) is 0 Å². The van der Waals surface area contributed by atoms with Crippen LogP contribution in [0.4, 0.5) is 0 Å². The third kappa shape index (κ3) is 8.24. The topological polar surface area (TPSA) is 48.8 Å². The van der Waals surface area contributed by atoms with Crippen molar-refractivity contribution in [1.82, 2.24) is 9.96 Å². The van der Waals surface area contributed by atoms with Crippen LogP contribution in [0.5, 0.6) is 0 Å². The van der Waals surface area contributed by atoms with Gasteiger partial charge < -0.3 is 9.96 Å². The Labute approximate surface area is 177 Å². The summed E-state index contributed by atoms with van der Waals surface area (Å²) in [6.07, 6.45) is 0. The Bertz CT molecular complexity index is 770. The van der Waals surface area contributed by atoms with E-state index in [0.29, 0.717) is 0 Å². The molecule has 5 heteroatoms. The molecule has 2 rings (SSSR count). The summed E-state index contributed by atoms with van der Waals surface area (Å²) in [6.45, 7) is 17.2. The Morgan fingerprint density at radius 3 is 1.21 bits per heavy atom. The second-order valence-electron chi connectivity index (χ2n) is 9.87. The molecule has 156 valence electrons. The summed E-state index contributed by atoms with van der Waals surface area (Å²) in [4.78, 5) is 17.5. The first-order valence-corrected chi connectivity index (χ1v) is 13.2. The van der Waals surface area contributed by atoms with Crippen LogP contribution in [0.1, 0.15) is 52.7 Å². The average molecular weight is 409 g/mol. The van der Waals surface area contributed by atoms with E-state index in [1.165, 1.54) is 0 Å². The largest absolute Gasteiger partial charge is 0.379 e. The molecule has 0 fully saturated rings. The second kappa shape index (κ2) is 8.95. The highest BCUT2D eigenvalue weighted by molar-refractivity contribution is 6.77. The van der Waals surface area contributed by atoms with Gasteiger partial charge in [0.2, 0.25) is 0 Å². The molecular weight excluding hydrogens is 372 g/mol. The van der Waals surface area contributed by atoms with Crippen molar-refractivity contribution < 1.29 is 0 Å². The molecule has 0 aliphatic heterocycles. The van der Waals surface area contributed by atoms with Gasteiger partial charge in [-0.1, -0.05) is 60.7 Å². The predicted molar refractivity (Wildman–Crippen MR) is 129 cm³/mol. The Morgan fingerprint density at radius 1 is 0.621 bits per heavy atom. The first-order chi connectivity index (χ1) is 13.3. The zero-order chi connectivity index (χ0) is 21.7. The van der Waals surface area contributed by atoms with Gasteiger partial charge in [0, 0.05) is 11.1 Å². The van der Waals surface area contributed by atoms with E-state index in [2.05, 4.69) is 88.9 Å². The Kier molecular flexibility index (Phi) is 7.06. The van der Waals surface area contributed by atoms with Crippen LogP contribution in [0, 0.1) is 0 Å². The van der Waals surface area contributed by atoms with Gasteiger partial charge in [0.1, 0.15) is 11.7 Å². The van der Waals surface area contributed by atoms with Crippen molar-refractivity contribution in [3.63, 3.8) is 0 Å². The fourth-order valence-electron chi connectivity index (χ4n) is 2.82. The van der Waals surface area contributed by atoms with Gasteiger partial charge in [-0.05, 0) is 54.6 Å². The molecule has 0 aliphatic carbocycles. The third-order valence-corrected chi connectivity index (χ3v) is 5.57. The quantitative estimate of drug-likeness (QED) is 0.406. The molecule has 0 bridgehead atoms. The highest BCUT2D eigenvalue weighted by Gasteiger charge is 2.27. The van der Waals surface area contributed by atoms with E-state index in [0.717, 1.165) is 22.8 Å². The van der Waals surface area contributed by atoms with E-state index >= 15 is 0 Å². The van der Waals surface area contributed by atoms with Crippen molar-refractivity contribution in [2.75, 3.05) is 0 Å². The lowest BCUT2D eigenvalue weighted by Gasteiger charge is -2.31. The SMILES string of the molecule is CC(C)(C)N=C(N[Si](C)(C)NC(=NC(C)(C)C)c1ccccc1)c1ccccc1. The maximum atomic E-state index is 4.98. The van der Waals surface area contributed by atoms with Gasteiger partial charge >= 0.3 is 0 Å². The standard InChI is InChI=1S/C24H36N4Si/c1-23(2,3)25-21(19-15-11-9-12-16-19)27-29(7,8)28-22(26-24(4,5)6)20-17-13-10-14-18-20/h9-18H,1-8H3,(H,25,27)(H,26,28). The molecule has 0 saturated carbocycles. The number of aliphatic imine (C=N–C) groups is 2. The van der Waals surface area contributed by atoms with E-state index < -0.39 is 8.40 Å². The van der Waals surface area contributed by atoms with Crippen LogP contribution in [0.2, 0.25) is 13.1 Å². The summed E-state index contributed by atoms with van der Waals surface area (Å²) < 4.78 is 0. The number of rotatable bonds is 4. The number of nitrogens with one attached hydrogen (secondary N) is 2. The molecule has 0 aromatic heterocycles. The molecule has 0 spiro atoms. The number of hydrogen-bond acceptors (Lipinski definition) is 2. The van der Waals surface area contributed by atoms with E-state index in [-0.39, 0.29) is 11.1 Å². The number of hydrogen-bond donors (Lipinski definition) is 2. The van der Waals surface area contributed by atoms with Crippen molar-refractivity contribution in [1.29, 1.82) is 0 Å². The molecule has 0 aliphatic rings. The minimum atomic E-state index is -2.16. The predicted octanol–water partition coefficient (Wildman–Crippen LogP) is 5.36. The molecule has 2 aromatic rings. The zero-order valence-electron chi connectivity index (χ0n) is 19.2. The Hall–Kier alpha value is -2.40. The molecule has 0 heterocycles. The maximum Gasteiger partial charge on any atom is 0.255 e. The van der Waals surface area contributed by atoms with Crippen LogP contribution >= 0.6 is 0 Å². The van der Waals surface area contributed by atoms with Gasteiger partial charge in [0.05, 0.1) is 11.1 Å². The van der Waals surface area contributed by atoms with Crippen molar-refractivity contribution in [3.05, 3.63) is 71.8 Å². The lowest BCUT2D eigenvalue weighted by atomic mass is 10.1. The monoisotopic (exact) mass is 408 g/mol. The summed E-state index contributed by atoms with van der Waals surface area (Å²) >= 11 is 0. The molecule has 4 nitrogen and oxygen atoms in total. The number of amidine groups is 2. The van der Waals surface area contributed by atoms with Gasteiger partial charge in [0.25, 0.3) is 8.40 Å². The molecule has 0 saturated heterocycles. The van der Waals surface area contributed by atoms with Crippen molar-refractivity contribution in [2.24, 2.45) is 9.98 Å². The smallest absolute Gasteiger partial charge is 0.255 e. The first kappa shape index (κ1) is 22.9. The van der Waals surface area contributed by atoms with Crippen LogP contribution < -0.4 is 9.96 Å². The highest BCUT2D eigenvalue weighted by atomic mass is 28.3. The lowest BCUT2D eigenvalue weighted by Crippen LogP contribution is -2.62. The number of nitrogens with zero attached hydrogens (tertiary/aromatic N) is 2. The van der Waals surface area contributed by atoms with Gasteiger partial charge in [-0.3, -0.25) is 9.98 Å². The second-order valence-corrected chi connectivity index (χ2v) is 13.6. The van der Waals surface area contributed by atoms with Crippen LogP contribution in [0.3, 0.4) is 0 Å². The van der Waals surface area contributed by atoms with Crippen molar-refractivity contribution in [3.8, 4) is 0 Å². The first-order valence-electron chi connectivity index (χ1n) is 10.2. The van der Waals surface area contributed by atoms with Crippen LogP contribution in [-0.4, -0.2) is 31.1 Å². The average Bonchev–Trinajstić information content (AvgIpc) is 2.59. The minimum Gasteiger partial charge on any atom is -0.379 e. The molecule has 0 atom stereocenters. The normalized spacial score (nSPS) is 13.9. The number of benzene rings is 2. The van der Waals surface area contributed by atoms with Crippen molar-refractivity contribution >= 4 is 20.1 Å². The fraction of sp³-hybridized carbons (Fsp3) is 0.417. The van der Waals surface area contributed by atoms with Crippen LogP contribution in [0.15, 0.2) is 70.6 Å². The summed E-state index contributed by atoms with van der Waals surface area (Å²) in [5, 5.41) is 0. The zero-order valence-corrected chi connectivity index (χ0v) is 20.2. The molecule has 2 aromatic carbocycles. The van der Waals surface area contributed by atoms with Gasteiger partial charge in [-0.25, -0.2) is 0 Å². The molecule has 0 unspecified atom stereocenters. The molecule has 2 N–H and O–H groups in total. The molecular formula is C24H36N4Si.